The lowest BCUT2D eigenvalue weighted by Gasteiger charge is -2.10. The van der Waals surface area contributed by atoms with Crippen LogP contribution in [0.5, 0.6) is 5.75 Å². The molecule has 7 heteroatoms. The molecule has 100 valence electrons. The highest BCUT2D eigenvalue weighted by molar-refractivity contribution is 5.94. The number of phenols is 1. The van der Waals surface area contributed by atoms with Gasteiger partial charge in [0.25, 0.3) is 5.91 Å². The van der Waals surface area contributed by atoms with Gasteiger partial charge in [-0.05, 0) is 32.0 Å². The first-order valence-electron chi connectivity index (χ1n) is 5.65. The number of nitrogens with one attached hydrogen (secondary N) is 2. The molecule has 19 heavy (non-hydrogen) atoms. The van der Waals surface area contributed by atoms with Crippen LogP contribution in [0, 0.1) is 12.7 Å². The molecule has 1 aromatic carbocycles. The third-order valence-corrected chi connectivity index (χ3v) is 2.56. The van der Waals surface area contributed by atoms with Gasteiger partial charge in [0.15, 0.2) is 17.4 Å². The molecule has 0 saturated carbocycles. The molecule has 6 nitrogen and oxygen atoms in total. The summed E-state index contributed by atoms with van der Waals surface area (Å²) in [4.78, 5) is 16.0. The summed E-state index contributed by atoms with van der Waals surface area (Å²) in [5, 5.41) is 18.5. The lowest BCUT2D eigenvalue weighted by Crippen LogP contribution is -2.27. The number of H-pyrrole nitrogens is 1. The van der Waals surface area contributed by atoms with Crippen LogP contribution in [0.2, 0.25) is 0 Å². The number of carbonyl (C=O) groups is 1. The minimum atomic E-state index is -0.769. The molecule has 0 bridgehead atoms. The summed E-state index contributed by atoms with van der Waals surface area (Å²) in [5.74, 6) is -0.666. The largest absolute Gasteiger partial charge is 0.505 e. The predicted octanol–water partition coefficient (Wildman–Crippen LogP) is 1.45. The number of aryl methyl sites for hydroxylation is 1. The molecule has 1 heterocycles. The van der Waals surface area contributed by atoms with E-state index in [9.17, 15) is 14.3 Å². The molecule has 0 radical (unpaired) electrons. The van der Waals surface area contributed by atoms with E-state index in [1.54, 1.807) is 13.8 Å². The van der Waals surface area contributed by atoms with E-state index in [4.69, 9.17) is 0 Å². The van der Waals surface area contributed by atoms with Crippen LogP contribution in [-0.2, 0) is 0 Å². The number of halogens is 1. The van der Waals surface area contributed by atoms with Gasteiger partial charge in [-0.15, -0.1) is 0 Å². The van der Waals surface area contributed by atoms with E-state index in [1.165, 1.54) is 6.07 Å². The highest BCUT2D eigenvalue weighted by Gasteiger charge is 2.15. The van der Waals surface area contributed by atoms with Gasteiger partial charge in [0.1, 0.15) is 5.82 Å². The quantitative estimate of drug-likeness (QED) is 0.782. The van der Waals surface area contributed by atoms with Crippen LogP contribution in [0.15, 0.2) is 18.2 Å². The lowest BCUT2D eigenvalue weighted by atomic mass is 10.2. The second-order valence-corrected chi connectivity index (χ2v) is 4.14. The van der Waals surface area contributed by atoms with Crippen molar-refractivity contribution in [2.45, 2.75) is 19.9 Å². The molecular weight excluding hydrogens is 251 g/mol. The van der Waals surface area contributed by atoms with Crippen LogP contribution in [0.3, 0.4) is 0 Å². The van der Waals surface area contributed by atoms with Gasteiger partial charge >= 0.3 is 0 Å². The Bertz CT molecular complexity index is 612. The number of rotatable bonds is 3. The van der Waals surface area contributed by atoms with Crippen molar-refractivity contribution in [2.24, 2.45) is 0 Å². The monoisotopic (exact) mass is 264 g/mol. The van der Waals surface area contributed by atoms with Crippen LogP contribution in [0.1, 0.15) is 35.0 Å². The lowest BCUT2D eigenvalue weighted by molar-refractivity contribution is 0.0938. The maximum absolute atomic E-state index is 12.9. The van der Waals surface area contributed by atoms with Gasteiger partial charge in [0.05, 0.1) is 6.04 Å². The fraction of sp³-hybridized carbons (Fsp3) is 0.250. The maximum Gasteiger partial charge on any atom is 0.252 e. The predicted molar refractivity (Wildman–Crippen MR) is 65.1 cm³/mol. The maximum atomic E-state index is 12.9. The zero-order valence-corrected chi connectivity index (χ0v) is 10.4. The van der Waals surface area contributed by atoms with Gasteiger partial charge in [-0.3, -0.25) is 9.89 Å². The Morgan fingerprint density at radius 3 is 2.84 bits per heavy atom. The van der Waals surface area contributed by atoms with Gasteiger partial charge in [-0.2, -0.15) is 5.10 Å². The molecule has 0 aliphatic rings. The van der Waals surface area contributed by atoms with Crippen LogP contribution < -0.4 is 5.32 Å². The molecule has 0 fully saturated rings. The zero-order valence-electron chi connectivity index (χ0n) is 10.4. The number of aromatic hydroxyl groups is 1. The first-order chi connectivity index (χ1) is 8.97. The summed E-state index contributed by atoms with van der Waals surface area (Å²) in [7, 11) is 0. The Morgan fingerprint density at radius 1 is 1.53 bits per heavy atom. The molecule has 2 aromatic rings. The highest BCUT2D eigenvalue weighted by Crippen LogP contribution is 2.17. The van der Waals surface area contributed by atoms with E-state index < -0.39 is 23.5 Å². The third-order valence-electron chi connectivity index (χ3n) is 2.56. The van der Waals surface area contributed by atoms with Gasteiger partial charge in [0, 0.05) is 5.56 Å². The molecule has 1 aromatic heterocycles. The Balaban J connectivity index is 2.10. The van der Waals surface area contributed by atoms with Crippen LogP contribution >= 0.6 is 0 Å². The van der Waals surface area contributed by atoms with Crippen molar-refractivity contribution in [2.75, 3.05) is 0 Å². The van der Waals surface area contributed by atoms with Gasteiger partial charge in [-0.25, -0.2) is 9.37 Å². The second-order valence-electron chi connectivity index (χ2n) is 4.14. The Kier molecular flexibility index (Phi) is 3.46. The number of hydrogen-bond donors (Lipinski definition) is 3. The molecule has 1 unspecified atom stereocenters. The first kappa shape index (κ1) is 13.0. The van der Waals surface area contributed by atoms with Gasteiger partial charge in [0.2, 0.25) is 0 Å². The van der Waals surface area contributed by atoms with Crippen molar-refractivity contribution in [3.63, 3.8) is 0 Å². The van der Waals surface area contributed by atoms with Crippen LogP contribution in [0.25, 0.3) is 0 Å². The van der Waals surface area contributed by atoms with Gasteiger partial charge < -0.3 is 10.4 Å². The standard InChI is InChI=1S/C12H13FN4O2/c1-6(11-15-7(2)16-17-11)14-12(19)8-3-4-9(13)10(18)5-8/h3-6,18H,1-2H3,(H,14,19)(H,15,16,17). The van der Waals surface area contributed by atoms with Crippen molar-refractivity contribution >= 4 is 5.91 Å². The van der Waals surface area contributed by atoms with Crippen molar-refractivity contribution in [1.29, 1.82) is 0 Å². The molecule has 1 atom stereocenters. The van der Waals surface area contributed by atoms with Crippen LogP contribution in [-0.4, -0.2) is 26.2 Å². The Morgan fingerprint density at radius 2 is 2.26 bits per heavy atom. The molecule has 1 amide bonds. The Hall–Kier alpha value is -2.44. The number of aromatic amines is 1. The molecule has 3 N–H and O–H groups in total. The highest BCUT2D eigenvalue weighted by atomic mass is 19.1. The van der Waals surface area contributed by atoms with E-state index in [0.717, 1.165) is 12.1 Å². The summed E-state index contributed by atoms with van der Waals surface area (Å²) in [5.41, 5.74) is 0.165. The topological polar surface area (TPSA) is 90.9 Å². The number of benzene rings is 1. The van der Waals surface area contributed by atoms with Crippen molar-refractivity contribution in [3.05, 3.63) is 41.2 Å². The normalized spacial score (nSPS) is 12.2. The summed E-state index contributed by atoms with van der Waals surface area (Å²) < 4.78 is 12.9. The van der Waals surface area contributed by atoms with Crippen LogP contribution in [0.4, 0.5) is 4.39 Å². The molecule has 0 spiro atoms. The second kappa shape index (κ2) is 5.05. The van der Waals surface area contributed by atoms with E-state index in [1.807, 2.05) is 0 Å². The van der Waals surface area contributed by atoms with Crippen molar-refractivity contribution in [1.82, 2.24) is 20.5 Å². The summed E-state index contributed by atoms with van der Waals surface area (Å²) >= 11 is 0. The molecule has 0 saturated heterocycles. The number of aromatic nitrogens is 3. The van der Waals surface area contributed by atoms with Crippen molar-refractivity contribution < 1.29 is 14.3 Å². The SMILES string of the molecule is Cc1nc(C(C)NC(=O)c2ccc(F)c(O)c2)n[nH]1. The number of nitrogens with zero attached hydrogens (tertiary/aromatic N) is 2. The average Bonchev–Trinajstić information content (AvgIpc) is 2.79. The minimum Gasteiger partial charge on any atom is -0.505 e. The number of hydrogen-bond acceptors (Lipinski definition) is 4. The molecule has 2 rings (SSSR count). The average molecular weight is 264 g/mol. The molecule has 0 aliphatic carbocycles. The fourth-order valence-electron chi connectivity index (χ4n) is 1.55. The smallest absolute Gasteiger partial charge is 0.252 e. The fourth-order valence-corrected chi connectivity index (χ4v) is 1.55. The van der Waals surface area contributed by atoms with E-state index in [2.05, 4.69) is 20.5 Å². The van der Waals surface area contributed by atoms with E-state index in [-0.39, 0.29) is 5.56 Å². The Labute approximate surface area is 108 Å². The molecular formula is C12H13FN4O2. The summed E-state index contributed by atoms with van der Waals surface area (Å²) in [6.07, 6.45) is 0. The minimum absolute atomic E-state index is 0.165. The third kappa shape index (κ3) is 2.87. The summed E-state index contributed by atoms with van der Waals surface area (Å²) in [6, 6.07) is 3.00. The zero-order chi connectivity index (χ0) is 14.0. The van der Waals surface area contributed by atoms with Crippen molar-refractivity contribution in [3.8, 4) is 5.75 Å². The van der Waals surface area contributed by atoms with E-state index in [0.29, 0.717) is 11.6 Å². The van der Waals surface area contributed by atoms with E-state index >= 15 is 0 Å². The first-order valence-corrected chi connectivity index (χ1v) is 5.65. The number of amides is 1. The number of carbonyl (C=O) groups excluding carboxylic acids is 1. The van der Waals surface area contributed by atoms with Gasteiger partial charge in [-0.1, -0.05) is 0 Å². The molecule has 0 aliphatic heterocycles. The number of phenolic OH excluding ortho intramolecular Hbond substituents is 1. The summed E-state index contributed by atoms with van der Waals surface area (Å²) in [6.45, 7) is 3.48.